The minimum Gasteiger partial charge on any atom is -0.481 e. The zero-order chi connectivity index (χ0) is 77.9. The largest absolute Gasteiger partial charge is 0.481 e. The van der Waals surface area contributed by atoms with Crippen molar-refractivity contribution in [1.29, 1.82) is 0 Å². The maximum atomic E-state index is 14.8. The molecule has 1 fully saturated rings. The highest BCUT2D eigenvalue weighted by Crippen LogP contribution is 2.21. The molecule has 37 nitrogen and oxygen atoms in total. The number of fused-ring (bicyclic) bond motifs is 1. The summed E-state index contributed by atoms with van der Waals surface area (Å²) in [5, 5.41) is 69.2. The van der Waals surface area contributed by atoms with Crippen LogP contribution in [0.2, 0.25) is 0 Å². The standard InChI is InChI=1S/C68H100N16O21/c1-5-7-8-9-10-14-19-40(86)28-52(88)77-50(35-85)65(101)84-58-37(4)105-68(104)49(26-38-17-12-11-13-18-38)82-62(98)44(23-25-70)78-66(102)57(36(3)6-2)83-64(100)45(27-39-32-72-42-21-16-15-20-41(39)42)75-53(89)33-73-60(96)48(31-56(93)94)81-63(99)46(29-51(71)87)76-54(90)34-74-59(95)47(30-55(91)92)80-61(97)43(22-24-69)79-67(58)103/h11-13,15-18,20-21,32,36-37,40,43-50,57-58,72,85-86H,5-10,14,19,22-31,33-35,69-70H2,1-4H3,(H2,71,87)(H,73,96)(H,74,95)(H,75,89)(H,76,90)(H,77,88)(H,78,102)(H,79,103)(H,80,97)(H,81,99)(H,82,98)(H,83,100)(H,84,101)(H,91,92)(H,93,94)/t36-,37+,40?,43?,44-,45-,46+,47-,48+,49?,50+,57?,58?/m0/s1. The summed E-state index contributed by atoms with van der Waals surface area (Å²) >= 11 is 0. The molecule has 0 radical (unpaired) electrons. The van der Waals surface area contributed by atoms with Gasteiger partial charge in [0.05, 0.1) is 51.5 Å². The maximum absolute atomic E-state index is 14.8. The molecule has 105 heavy (non-hydrogen) atoms. The van der Waals surface area contributed by atoms with Gasteiger partial charge in [0.25, 0.3) is 0 Å². The topological polar surface area (TPSA) is 601 Å². The molecular weight excluding hydrogens is 1380 g/mol. The van der Waals surface area contributed by atoms with Crippen molar-refractivity contribution >= 4 is 106 Å². The minimum absolute atomic E-state index is 0.217. The molecule has 0 aliphatic carbocycles. The van der Waals surface area contributed by atoms with Gasteiger partial charge in [-0.25, -0.2) is 4.79 Å². The van der Waals surface area contributed by atoms with Crippen LogP contribution >= 0.6 is 0 Å². The van der Waals surface area contributed by atoms with Crippen LogP contribution in [-0.2, 0) is 94.3 Å². The molecule has 2 aromatic carbocycles. The predicted molar refractivity (Wildman–Crippen MR) is 374 cm³/mol. The number of carbonyl (C=O) groups is 16. The van der Waals surface area contributed by atoms with Gasteiger partial charge in [0.15, 0.2) is 0 Å². The Kier molecular flexibility index (Phi) is 37.0. The van der Waals surface area contributed by atoms with E-state index >= 15 is 0 Å². The lowest BCUT2D eigenvalue weighted by Gasteiger charge is -2.30. The van der Waals surface area contributed by atoms with E-state index in [0.29, 0.717) is 28.5 Å². The molecule has 578 valence electrons. The highest BCUT2D eigenvalue weighted by molar-refractivity contribution is 6.01. The number of nitrogens with two attached hydrogens (primary N) is 3. The number of aliphatic hydroxyl groups excluding tert-OH is 2. The number of aliphatic hydroxyl groups is 2. The number of H-pyrrole nitrogens is 1. The van der Waals surface area contributed by atoms with E-state index in [-0.39, 0.29) is 38.6 Å². The highest BCUT2D eigenvalue weighted by Gasteiger charge is 2.40. The number of rotatable bonds is 29. The number of hydrogen-bond acceptors (Lipinski definition) is 21. The number of primary amides is 1. The van der Waals surface area contributed by atoms with Crippen LogP contribution in [0.15, 0.2) is 60.8 Å². The number of benzene rings is 2. The van der Waals surface area contributed by atoms with Crippen molar-refractivity contribution in [2.75, 3.05) is 32.8 Å². The van der Waals surface area contributed by atoms with Gasteiger partial charge in [-0.15, -0.1) is 0 Å². The molecule has 3 aromatic rings. The van der Waals surface area contributed by atoms with Gasteiger partial charge in [0.1, 0.15) is 66.5 Å². The molecule has 1 aliphatic heterocycles. The third-order valence-electron chi connectivity index (χ3n) is 17.0. The number of hydrogen-bond donors (Lipinski definition) is 20. The van der Waals surface area contributed by atoms with Crippen LogP contribution in [0.4, 0.5) is 0 Å². The van der Waals surface area contributed by atoms with Crippen molar-refractivity contribution in [2.45, 2.75) is 203 Å². The third kappa shape index (κ3) is 29.9. The predicted octanol–water partition coefficient (Wildman–Crippen LogP) is -4.96. The van der Waals surface area contributed by atoms with Gasteiger partial charge in [-0.2, -0.15) is 0 Å². The fraction of sp³-hybridized carbons (Fsp3) is 0.559. The van der Waals surface area contributed by atoms with Crippen LogP contribution < -0.4 is 81.0 Å². The van der Waals surface area contributed by atoms with E-state index in [1.807, 2.05) is 5.32 Å². The second-order valence-electron chi connectivity index (χ2n) is 25.5. The molecule has 37 heteroatoms. The number of cyclic esters (lactones) is 1. The summed E-state index contributed by atoms with van der Waals surface area (Å²) in [6, 6.07) is -3.49. The number of aromatic amines is 1. The van der Waals surface area contributed by atoms with E-state index in [2.05, 4.69) is 70.4 Å². The van der Waals surface area contributed by atoms with Crippen molar-refractivity contribution in [2.24, 2.45) is 23.1 Å². The van der Waals surface area contributed by atoms with Crippen LogP contribution in [0, 0.1) is 5.92 Å². The molecule has 1 aromatic heterocycles. The number of ether oxygens (including phenoxy) is 1. The second kappa shape index (κ2) is 44.8. The number of carboxylic acid groups (broad SMARTS) is 2. The number of nitrogens with one attached hydrogen (secondary N) is 13. The second-order valence-corrected chi connectivity index (χ2v) is 25.5. The first-order chi connectivity index (χ1) is 49.9. The number of aromatic nitrogens is 1. The fourth-order valence-corrected chi connectivity index (χ4v) is 11.1. The van der Waals surface area contributed by atoms with E-state index in [1.54, 1.807) is 74.6 Å². The Morgan fingerprint density at radius 2 is 1.10 bits per heavy atom. The summed E-state index contributed by atoms with van der Waals surface area (Å²) in [4.78, 5) is 223. The molecule has 13 atom stereocenters. The summed E-state index contributed by atoms with van der Waals surface area (Å²) in [5.41, 5.74) is 18.8. The van der Waals surface area contributed by atoms with Crippen LogP contribution in [0.25, 0.3) is 10.9 Å². The van der Waals surface area contributed by atoms with Crippen molar-refractivity contribution in [1.82, 2.24) is 68.8 Å². The SMILES string of the molecule is CCCCCCCCC(O)CC(=O)N[C@H](CO)C(=O)NC1C(=O)NC(CCN)C(=O)N[C@@H](CC(=O)O)C(=O)NCC(=O)N[C@H](CC(N)=O)C(=O)N[C@H](CC(=O)O)C(=O)NCC(=O)N[C@@H](Cc2c[nH]c3ccccc23)C(=O)NC([C@@H](C)CC)C(=O)N[C@@H](CCN)C(=O)NC(Cc2ccccc2)C(=O)O[C@@H]1C. The molecule has 1 aliphatic rings. The van der Waals surface area contributed by atoms with Crippen LogP contribution in [0.3, 0.4) is 0 Å². The molecule has 5 unspecified atom stereocenters. The zero-order valence-corrected chi connectivity index (χ0v) is 59.1. The number of aliphatic carboxylic acids is 2. The van der Waals surface area contributed by atoms with Gasteiger partial charge in [-0.05, 0) is 62.4 Å². The number of amides is 13. The molecule has 2 heterocycles. The Bertz CT molecular complexity index is 3500. The zero-order valence-electron chi connectivity index (χ0n) is 59.1. The van der Waals surface area contributed by atoms with Gasteiger partial charge < -0.3 is 111 Å². The Morgan fingerprint density at radius 3 is 1.65 bits per heavy atom. The molecule has 0 saturated carbocycles. The third-order valence-corrected chi connectivity index (χ3v) is 17.0. The first kappa shape index (κ1) is 86.7. The lowest BCUT2D eigenvalue weighted by molar-refractivity contribution is -0.156. The van der Waals surface area contributed by atoms with Crippen LogP contribution in [0.1, 0.15) is 129 Å². The molecule has 4 rings (SSSR count). The fourth-order valence-electron chi connectivity index (χ4n) is 11.1. The average Bonchev–Trinajstić information content (AvgIpc) is 1.77. The molecule has 23 N–H and O–H groups in total. The number of carboxylic acids is 2. The van der Waals surface area contributed by atoms with E-state index in [1.165, 1.54) is 0 Å². The van der Waals surface area contributed by atoms with Crippen molar-refractivity contribution in [3.8, 4) is 0 Å². The van der Waals surface area contributed by atoms with Gasteiger partial charge >= 0.3 is 17.9 Å². The summed E-state index contributed by atoms with van der Waals surface area (Å²) in [7, 11) is 0. The normalized spacial score (nSPS) is 23.0. The molecular formula is C68H100N16O21. The quantitative estimate of drug-likeness (QED) is 0.0229. The monoisotopic (exact) mass is 1480 g/mol. The van der Waals surface area contributed by atoms with Gasteiger partial charge in [-0.3, -0.25) is 71.9 Å². The van der Waals surface area contributed by atoms with Crippen LogP contribution in [-0.4, -0.2) is 226 Å². The number of carbonyl (C=O) groups excluding carboxylic acids is 14. The van der Waals surface area contributed by atoms with Gasteiger partial charge in [0, 0.05) is 29.9 Å². The maximum Gasteiger partial charge on any atom is 0.329 e. The van der Waals surface area contributed by atoms with Crippen LogP contribution in [0.5, 0.6) is 0 Å². The van der Waals surface area contributed by atoms with E-state index in [0.717, 1.165) is 39.0 Å². The Morgan fingerprint density at radius 1 is 0.590 bits per heavy atom. The lowest BCUT2D eigenvalue weighted by Crippen LogP contribution is -2.62. The first-order valence-electron chi connectivity index (χ1n) is 34.7. The van der Waals surface area contributed by atoms with E-state index in [9.17, 15) is 97.1 Å². The molecule has 1 saturated heterocycles. The highest BCUT2D eigenvalue weighted by atomic mass is 16.5. The van der Waals surface area contributed by atoms with E-state index < -0.39 is 232 Å². The minimum atomic E-state index is -2.14. The Labute approximate surface area is 605 Å². The number of para-hydroxylation sites is 1. The van der Waals surface area contributed by atoms with E-state index in [4.69, 9.17) is 21.9 Å². The van der Waals surface area contributed by atoms with Crippen molar-refractivity contribution in [3.05, 3.63) is 71.9 Å². The van der Waals surface area contributed by atoms with Gasteiger partial charge in [0.2, 0.25) is 76.8 Å². The lowest BCUT2D eigenvalue weighted by atomic mass is 9.96. The first-order valence-corrected chi connectivity index (χ1v) is 34.7. The molecule has 13 amide bonds. The summed E-state index contributed by atoms with van der Waals surface area (Å²) < 4.78 is 5.87. The molecule has 0 spiro atoms. The smallest absolute Gasteiger partial charge is 0.329 e. The Hall–Kier alpha value is -10.7. The number of esters is 1. The average molecular weight is 1480 g/mol. The molecule has 0 bridgehead atoms. The van der Waals surface area contributed by atoms with Crippen molar-refractivity contribution in [3.63, 3.8) is 0 Å². The summed E-state index contributed by atoms with van der Waals surface area (Å²) in [6.07, 6.45) is -1.05. The van der Waals surface area contributed by atoms with Crippen molar-refractivity contribution < 1.29 is 102 Å². The van der Waals surface area contributed by atoms with Gasteiger partial charge in [-0.1, -0.05) is 114 Å². The summed E-state index contributed by atoms with van der Waals surface area (Å²) in [6.45, 7) is 2.50. The summed E-state index contributed by atoms with van der Waals surface area (Å²) in [5.74, 6) is -21.0. The number of unbranched alkanes of at least 4 members (excludes halogenated alkanes) is 5. The Balaban J connectivity index is 1.86.